The fourth-order valence-electron chi connectivity index (χ4n) is 2.41. The van der Waals surface area contributed by atoms with Crippen molar-refractivity contribution in [3.63, 3.8) is 0 Å². The molecule has 0 aliphatic rings. The Morgan fingerprint density at radius 3 is 2.37 bits per heavy atom. The van der Waals surface area contributed by atoms with E-state index in [9.17, 15) is 4.79 Å². The smallest absolute Gasteiger partial charge is 0.134 e. The van der Waals surface area contributed by atoms with E-state index in [0.29, 0.717) is 6.42 Å². The number of aromatic nitrogens is 1. The Balaban J connectivity index is 2.43. The van der Waals surface area contributed by atoms with Crippen LogP contribution in [0.3, 0.4) is 0 Å². The van der Waals surface area contributed by atoms with Crippen molar-refractivity contribution in [2.45, 2.75) is 27.2 Å². The van der Waals surface area contributed by atoms with Crippen LogP contribution in [0.5, 0.6) is 5.75 Å². The summed E-state index contributed by atoms with van der Waals surface area (Å²) in [6.07, 6.45) is 0.496. The number of rotatable bonds is 4. The molecule has 1 heterocycles. The number of ketones is 1. The van der Waals surface area contributed by atoms with Crippen LogP contribution < -0.4 is 4.74 Å². The van der Waals surface area contributed by atoms with E-state index in [-0.39, 0.29) is 5.78 Å². The molecule has 0 aliphatic carbocycles. The molecule has 3 nitrogen and oxygen atoms in total. The van der Waals surface area contributed by atoms with E-state index >= 15 is 0 Å². The van der Waals surface area contributed by atoms with Crippen molar-refractivity contribution < 1.29 is 9.53 Å². The van der Waals surface area contributed by atoms with Gasteiger partial charge in [-0.2, -0.15) is 0 Å². The number of aryl methyl sites for hydroxylation is 1. The summed E-state index contributed by atoms with van der Waals surface area (Å²) in [5.74, 6) is 1.03. The summed E-state index contributed by atoms with van der Waals surface area (Å²) < 4.78 is 7.33. The molecular weight excluding hydrogens is 238 g/mol. The summed E-state index contributed by atoms with van der Waals surface area (Å²) in [7, 11) is 1.66. The average molecular weight is 257 g/mol. The zero-order chi connectivity index (χ0) is 14.0. The Hall–Kier alpha value is -2.03. The number of methoxy groups -OCH3 is 1. The minimum absolute atomic E-state index is 0.190. The molecule has 1 aromatic heterocycles. The SMILES string of the molecule is COc1ccc(-n2c(C)cc(CC(C)=O)c2C)cc1. The number of carbonyl (C=O) groups is 1. The van der Waals surface area contributed by atoms with E-state index in [1.165, 1.54) is 0 Å². The number of hydrogen-bond donors (Lipinski definition) is 0. The third-order valence-corrected chi connectivity index (χ3v) is 3.31. The molecular formula is C16H19NO2. The molecule has 0 fully saturated rings. The fraction of sp³-hybridized carbons (Fsp3) is 0.312. The Bertz CT molecular complexity index is 594. The summed E-state index contributed by atoms with van der Waals surface area (Å²) in [5, 5.41) is 0. The van der Waals surface area contributed by atoms with Gasteiger partial charge in [0.05, 0.1) is 7.11 Å². The Kier molecular flexibility index (Phi) is 3.74. The predicted octanol–water partition coefficient (Wildman–Crippen LogP) is 3.23. The van der Waals surface area contributed by atoms with Gasteiger partial charge >= 0.3 is 0 Å². The molecule has 0 amide bonds. The van der Waals surface area contributed by atoms with Gasteiger partial charge in [-0.1, -0.05) is 0 Å². The van der Waals surface area contributed by atoms with Crippen molar-refractivity contribution in [2.24, 2.45) is 0 Å². The van der Waals surface area contributed by atoms with Gasteiger partial charge in [0.15, 0.2) is 0 Å². The lowest BCUT2D eigenvalue weighted by Crippen LogP contribution is -2.01. The quantitative estimate of drug-likeness (QED) is 0.842. The van der Waals surface area contributed by atoms with Crippen LogP contribution >= 0.6 is 0 Å². The van der Waals surface area contributed by atoms with Crippen LogP contribution in [-0.4, -0.2) is 17.5 Å². The number of carbonyl (C=O) groups excluding carboxylic acids is 1. The Morgan fingerprint density at radius 2 is 1.84 bits per heavy atom. The van der Waals surface area contributed by atoms with Crippen molar-refractivity contribution in [1.29, 1.82) is 0 Å². The monoisotopic (exact) mass is 257 g/mol. The lowest BCUT2D eigenvalue weighted by molar-refractivity contribution is -0.116. The van der Waals surface area contributed by atoms with Crippen LogP contribution in [0.25, 0.3) is 5.69 Å². The summed E-state index contributed by atoms with van der Waals surface area (Å²) in [4.78, 5) is 11.3. The molecule has 0 saturated heterocycles. The van der Waals surface area contributed by atoms with Crippen LogP contribution in [0.2, 0.25) is 0 Å². The highest BCUT2D eigenvalue weighted by molar-refractivity contribution is 5.78. The van der Waals surface area contributed by atoms with Gasteiger partial charge in [0.1, 0.15) is 11.5 Å². The molecule has 2 rings (SSSR count). The van der Waals surface area contributed by atoms with Gasteiger partial charge in [-0.15, -0.1) is 0 Å². The summed E-state index contributed by atoms with van der Waals surface area (Å²) >= 11 is 0. The largest absolute Gasteiger partial charge is 0.497 e. The zero-order valence-corrected chi connectivity index (χ0v) is 11.9. The standard InChI is InChI=1S/C16H19NO2/c1-11-9-14(10-12(2)18)13(3)17(11)15-5-7-16(19-4)8-6-15/h5-9H,10H2,1-4H3. The van der Waals surface area contributed by atoms with E-state index in [0.717, 1.165) is 28.4 Å². The molecule has 0 N–H and O–H groups in total. The van der Waals surface area contributed by atoms with E-state index < -0.39 is 0 Å². The van der Waals surface area contributed by atoms with Crippen LogP contribution in [0.1, 0.15) is 23.9 Å². The second-order valence-corrected chi connectivity index (χ2v) is 4.81. The van der Waals surface area contributed by atoms with Gasteiger partial charge in [0.2, 0.25) is 0 Å². The topological polar surface area (TPSA) is 31.2 Å². The van der Waals surface area contributed by atoms with E-state index in [1.54, 1.807) is 14.0 Å². The number of benzene rings is 1. The average Bonchev–Trinajstić information content (AvgIpc) is 2.64. The zero-order valence-electron chi connectivity index (χ0n) is 11.9. The third-order valence-electron chi connectivity index (χ3n) is 3.31. The van der Waals surface area contributed by atoms with Gasteiger partial charge in [-0.05, 0) is 56.7 Å². The Morgan fingerprint density at radius 1 is 1.21 bits per heavy atom. The van der Waals surface area contributed by atoms with Gasteiger partial charge < -0.3 is 9.30 Å². The second kappa shape index (κ2) is 5.31. The van der Waals surface area contributed by atoms with Crippen molar-refractivity contribution in [3.05, 3.63) is 47.3 Å². The number of nitrogens with zero attached hydrogens (tertiary/aromatic N) is 1. The van der Waals surface area contributed by atoms with E-state index in [4.69, 9.17) is 4.74 Å². The fourth-order valence-corrected chi connectivity index (χ4v) is 2.41. The van der Waals surface area contributed by atoms with Crippen molar-refractivity contribution in [2.75, 3.05) is 7.11 Å². The molecule has 0 radical (unpaired) electrons. The first kappa shape index (κ1) is 13.4. The molecule has 19 heavy (non-hydrogen) atoms. The molecule has 1 aromatic carbocycles. The first-order valence-corrected chi connectivity index (χ1v) is 6.34. The molecule has 0 spiro atoms. The van der Waals surface area contributed by atoms with E-state index in [2.05, 4.69) is 24.5 Å². The summed E-state index contributed by atoms with van der Waals surface area (Å²) in [6.45, 7) is 5.73. The minimum atomic E-state index is 0.190. The highest BCUT2D eigenvalue weighted by Crippen LogP contribution is 2.23. The van der Waals surface area contributed by atoms with Crippen LogP contribution in [0, 0.1) is 13.8 Å². The lowest BCUT2D eigenvalue weighted by atomic mass is 10.1. The predicted molar refractivity (Wildman–Crippen MR) is 76.2 cm³/mol. The first-order valence-electron chi connectivity index (χ1n) is 6.34. The molecule has 0 unspecified atom stereocenters. The normalized spacial score (nSPS) is 10.5. The number of Topliss-reactive ketones (excluding diaryl/α,β-unsaturated/α-hetero) is 1. The second-order valence-electron chi connectivity index (χ2n) is 4.81. The number of hydrogen-bond acceptors (Lipinski definition) is 2. The molecule has 2 aromatic rings. The summed E-state index contributed by atoms with van der Waals surface area (Å²) in [6, 6.07) is 10.0. The maximum atomic E-state index is 11.3. The first-order chi connectivity index (χ1) is 9.02. The van der Waals surface area contributed by atoms with Gasteiger partial charge in [0, 0.05) is 23.5 Å². The van der Waals surface area contributed by atoms with Crippen LogP contribution in [0.15, 0.2) is 30.3 Å². The van der Waals surface area contributed by atoms with Gasteiger partial charge in [0.25, 0.3) is 0 Å². The van der Waals surface area contributed by atoms with E-state index in [1.807, 2.05) is 24.3 Å². The third kappa shape index (κ3) is 2.70. The van der Waals surface area contributed by atoms with Gasteiger partial charge in [-0.25, -0.2) is 0 Å². The summed E-state index contributed by atoms with van der Waals surface area (Å²) in [5.41, 5.74) is 4.45. The van der Waals surface area contributed by atoms with Crippen molar-refractivity contribution in [1.82, 2.24) is 4.57 Å². The van der Waals surface area contributed by atoms with Crippen molar-refractivity contribution >= 4 is 5.78 Å². The highest BCUT2D eigenvalue weighted by Gasteiger charge is 2.11. The molecule has 3 heteroatoms. The Labute approximate surface area is 113 Å². The van der Waals surface area contributed by atoms with Gasteiger partial charge in [-0.3, -0.25) is 4.79 Å². The molecule has 0 aliphatic heterocycles. The molecule has 100 valence electrons. The van der Waals surface area contributed by atoms with Crippen LogP contribution in [-0.2, 0) is 11.2 Å². The van der Waals surface area contributed by atoms with Crippen LogP contribution in [0.4, 0.5) is 0 Å². The minimum Gasteiger partial charge on any atom is -0.497 e. The lowest BCUT2D eigenvalue weighted by Gasteiger charge is -2.10. The highest BCUT2D eigenvalue weighted by atomic mass is 16.5. The maximum absolute atomic E-state index is 11.3. The molecule has 0 saturated carbocycles. The molecule has 0 bridgehead atoms. The molecule has 0 atom stereocenters. The number of ether oxygens (including phenoxy) is 1. The maximum Gasteiger partial charge on any atom is 0.134 e. The van der Waals surface area contributed by atoms with Crippen molar-refractivity contribution in [3.8, 4) is 11.4 Å².